The van der Waals surface area contributed by atoms with E-state index in [9.17, 15) is 0 Å². The van der Waals surface area contributed by atoms with Crippen molar-refractivity contribution in [1.82, 2.24) is 15.0 Å². The maximum Gasteiger partial charge on any atom is 0.224 e. The van der Waals surface area contributed by atoms with Crippen molar-refractivity contribution in [2.45, 2.75) is 19.8 Å². The molecule has 0 aliphatic rings. The quantitative estimate of drug-likeness (QED) is 0.815. The van der Waals surface area contributed by atoms with Gasteiger partial charge in [-0.05, 0) is 31.1 Å². The van der Waals surface area contributed by atoms with E-state index in [0.29, 0.717) is 10.7 Å². The summed E-state index contributed by atoms with van der Waals surface area (Å²) in [5, 5.41) is 0. The summed E-state index contributed by atoms with van der Waals surface area (Å²) >= 11 is 4.92. The third kappa shape index (κ3) is 3.35. The lowest BCUT2D eigenvalue weighted by Gasteiger charge is -2.03. The Kier molecular flexibility index (Phi) is 3.49. The van der Waals surface area contributed by atoms with E-state index in [4.69, 9.17) is 18.0 Å². The maximum absolute atomic E-state index is 5.58. The van der Waals surface area contributed by atoms with Gasteiger partial charge in [-0.2, -0.15) is 4.98 Å². The number of aromatic amines is 1. The molecule has 1 aromatic heterocycles. The highest BCUT2D eigenvalue weighted by molar-refractivity contribution is 7.71. The number of nitrogens with zero attached hydrogens (tertiary/aromatic N) is 2. The molecule has 0 bridgehead atoms. The van der Waals surface area contributed by atoms with Crippen LogP contribution in [0.3, 0.4) is 0 Å². The van der Waals surface area contributed by atoms with Gasteiger partial charge in [0.15, 0.2) is 0 Å². The number of hydrogen-bond acceptors (Lipinski definition) is 4. The highest BCUT2D eigenvalue weighted by Crippen LogP contribution is 2.07. The van der Waals surface area contributed by atoms with Gasteiger partial charge in [0.2, 0.25) is 10.7 Å². The molecule has 2 rings (SSSR count). The summed E-state index contributed by atoms with van der Waals surface area (Å²) in [5.74, 6) is 1.10. The lowest BCUT2D eigenvalue weighted by Crippen LogP contribution is -2.04. The summed E-state index contributed by atoms with van der Waals surface area (Å²) in [6.07, 6.45) is 1.68. The Morgan fingerprint density at radius 3 is 2.82 bits per heavy atom. The Bertz CT molecular complexity index is 577. The van der Waals surface area contributed by atoms with E-state index in [1.807, 2.05) is 0 Å². The van der Waals surface area contributed by atoms with Gasteiger partial charge in [0.05, 0.1) is 0 Å². The summed E-state index contributed by atoms with van der Waals surface area (Å²) in [5.41, 5.74) is 8.12. The standard InChI is InChI=1S/C12H14N4S/c1-8-3-2-4-9(7-8)5-6-10-14-11(13)16-12(17)15-10/h2-4,7H,5-6H2,1H3,(H3,13,14,15,16,17). The Morgan fingerprint density at radius 2 is 2.12 bits per heavy atom. The van der Waals surface area contributed by atoms with Crippen LogP contribution < -0.4 is 5.73 Å². The third-order valence-electron chi connectivity index (χ3n) is 2.45. The zero-order chi connectivity index (χ0) is 12.3. The molecule has 0 saturated heterocycles. The molecule has 0 amide bonds. The van der Waals surface area contributed by atoms with Crippen molar-refractivity contribution in [2.75, 3.05) is 5.73 Å². The average molecular weight is 246 g/mol. The molecule has 0 aliphatic heterocycles. The van der Waals surface area contributed by atoms with Crippen molar-refractivity contribution < 1.29 is 0 Å². The van der Waals surface area contributed by atoms with Gasteiger partial charge >= 0.3 is 0 Å². The van der Waals surface area contributed by atoms with E-state index in [0.717, 1.165) is 18.7 Å². The molecule has 0 fully saturated rings. The van der Waals surface area contributed by atoms with Crippen LogP contribution in [-0.2, 0) is 12.8 Å². The minimum absolute atomic E-state index is 0.292. The highest BCUT2D eigenvalue weighted by Gasteiger charge is 2.00. The van der Waals surface area contributed by atoms with Gasteiger partial charge in [-0.3, -0.25) is 0 Å². The predicted molar refractivity (Wildman–Crippen MR) is 70.2 cm³/mol. The van der Waals surface area contributed by atoms with Gasteiger partial charge in [0.25, 0.3) is 0 Å². The molecule has 4 nitrogen and oxygen atoms in total. The van der Waals surface area contributed by atoms with Crippen molar-refractivity contribution >= 4 is 18.2 Å². The number of H-pyrrole nitrogens is 1. The Hall–Kier alpha value is -1.75. The van der Waals surface area contributed by atoms with Gasteiger partial charge in [-0.1, -0.05) is 29.8 Å². The number of nitrogens with one attached hydrogen (secondary N) is 1. The lowest BCUT2D eigenvalue weighted by molar-refractivity contribution is 0.834. The smallest absolute Gasteiger partial charge is 0.224 e. The van der Waals surface area contributed by atoms with E-state index in [1.165, 1.54) is 11.1 Å². The van der Waals surface area contributed by atoms with Gasteiger partial charge in [0, 0.05) is 6.42 Å². The van der Waals surface area contributed by atoms with Crippen molar-refractivity contribution in [3.63, 3.8) is 0 Å². The van der Waals surface area contributed by atoms with Crippen molar-refractivity contribution in [3.8, 4) is 0 Å². The van der Waals surface area contributed by atoms with Crippen LogP contribution in [0.4, 0.5) is 5.95 Å². The number of nitrogens with two attached hydrogens (primary N) is 1. The van der Waals surface area contributed by atoms with Gasteiger partial charge < -0.3 is 10.7 Å². The molecule has 0 aliphatic carbocycles. The molecule has 0 radical (unpaired) electrons. The largest absolute Gasteiger partial charge is 0.369 e. The highest BCUT2D eigenvalue weighted by atomic mass is 32.1. The first-order valence-corrected chi connectivity index (χ1v) is 5.82. The van der Waals surface area contributed by atoms with Crippen molar-refractivity contribution in [2.24, 2.45) is 0 Å². The number of nitrogen functional groups attached to an aromatic ring is 1. The van der Waals surface area contributed by atoms with Crippen LogP contribution >= 0.6 is 12.2 Å². The Labute approximate surface area is 105 Å². The lowest BCUT2D eigenvalue weighted by atomic mass is 10.1. The van der Waals surface area contributed by atoms with E-state index in [1.54, 1.807) is 0 Å². The number of benzene rings is 1. The molecule has 88 valence electrons. The first kappa shape index (κ1) is 11.7. The fraction of sp³-hybridized carbons (Fsp3) is 0.250. The summed E-state index contributed by atoms with van der Waals surface area (Å²) in [6, 6.07) is 8.41. The number of aromatic nitrogens is 3. The second-order valence-electron chi connectivity index (χ2n) is 3.95. The van der Waals surface area contributed by atoms with Crippen LogP contribution in [-0.4, -0.2) is 15.0 Å². The summed E-state index contributed by atoms with van der Waals surface area (Å²) in [7, 11) is 0. The monoisotopic (exact) mass is 246 g/mol. The summed E-state index contributed by atoms with van der Waals surface area (Å²) < 4.78 is 0.292. The molecule has 0 saturated carbocycles. The molecule has 1 aromatic carbocycles. The topological polar surface area (TPSA) is 67.6 Å². The molecular weight excluding hydrogens is 232 g/mol. The number of aryl methyl sites for hydroxylation is 3. The molecule has 3 N–H and O–H groups in total. The number of rotatable bonds is 3. The predicted octanol–water partition coefficient (Wildman–Crippen LogP) is 2.21. The molecule has 1 heterocycles. The zero-order valence-electron chi connectivity index (χ0n) is 9.60. The summed E-state index contributed by atoms with van der Waals surface area (Å²) in [6.45, 7) is 2.08. The molecule has 5 heteroatoms. The third-order valence-corrected chi connectivity index (χ3v) is 2.63. The van der Waals surface area contributed by atoms with E-state index >= 15 is 0 Å². The van der Waals surface area contributed by atoms with E-state index in [-0.39, 0.29) is 0 Å². The molecule has 0 unspecified atom stereocenters. The summed E-state index contributed by atoms with van der Waals surface area (Å²) in [4.78, 5) is 10.9. The first-order valence-electron chi connectivity index (χ1n) is 5.42. The Morgan fingerprint density at radius 1 is 1.29 bits per heavy atom. The SMILES string of the molecule is Cc1cccc(CCc2nc(=S)nc(N)[nH]2)c1. The van der Waals surface area contributed by atoms with Crippen LogP contribution in [0, 0.1) is 11.7 Å². The van der Waals surface area contributed by atoms with Crippen molar-refractivity contribution in [3.05, 3.63) is 46.0 Å². The van der Waals surface area contributed by atoms with Crippen LogP contribution in [0.5, 0.6) is 0 Å². The minimum Gasteiger partial charge on any atom is -0.369 e. The molecule has 0 atom stereocenters. The molecular formula is C12H14N4S. The fourth-order valence-electron chi connectivity index (χ4n) is 1.70. The first-order chi connectivity index (χ1) is 8.13. The van der Waals surface area contributed by atoms with E-state index in [2.05, 4.69) is 46.1 Å². The number of anilines is 1. The molecule has 2 aromatic rings. The molecule has 17 heavy (non-hydrogen) atoms. The van der Waals surface area contributed by atoms with Gasteiger partial charge in [0.1, 0.15) is 5.82 Å². The van der Waals surface area contributed by atoms with Crippen LogP contribution in [0.2, 0.25) is 0 Å². The second-order valence-corrected chi connectivity index (χ2v) is 4.32. The minimum atomic E-state index is 0.292. The van der Waals surface area contributed by atoms with E-state index < -0.39 is 0 Å². The van der Waals surface area contributed by atoms with Gasteiger partial charge in [-0.15, -0.1) is 0 Å². The average Bonchev–Trinajstić information content (AvgIpc) is 2.25. The zero-order valence-corrected chi connectivity index (χ0v) is 10.4. The normalized spacial score (nSPS) is 10.4. The number of hydrogen-bond donors (Lipinski definition) is 2. The Balaban J connectivity index is 2.09. The van der Waals surface area contributed by atoms with Crippen LogP contribution in [0.25, 0.3) is 0 Å². The fourth-order valence-corrected chi connectivity index (χ4v) is 1.90. The maximum atomic E-state index is 5.58. The van der Waals surface area contributed by atoms with Crippen LogP contribution in [0.1, 0.15) is 17.0 Å². The molecule has 0 spiro atoms. The van der Waals surface area contributed by atoms with Crippen LogP contribution in [0.15, 0.2) is 24.3 Å². The van der Waals surface area contributed by atoms with Gasteiger partial charge in [-0.25, -0.2) is 4.98 Å². The second kappa shape index (κ2) is 5.05. The van der Waals surface area contributed by atoms with Crippen molar-refractivity contribution in [1.29, 1.82) is 0 Å².